The molecule has 0 atom stereocenters. The summed E-state index contributed by atoms with van der Waals surface area (Å²) in [6.45, 7) is 0.496. The molecule has 2 aromatic rings. The Bertz CT molecular complexity index is 911. The number of halogens is 4. The third-order valence-electron chi connectivity index (χ3n) is 3.99. The van der Waals surface area contributed by atoms with Crippen molar-refractivity contribution in [2.75, 3.05) is 7.05 Å². The van der Waals surface area contributed by atoms with Gasteiger partial charge in [-0.25, -0.2) is 8.42 Å². The standard InChI is InChI=1S/C14H14ClF3N4O2S/c1-21(8-13-20-19-12-3-2-6-22(12)13)25(23,24)11-5-4-9(15)7-10(11)14(16,17)18/h4-5,7H,2-3,6,8H2,1H3. The van der Waals surface area contributed by atoms with Crippen molar-refractivity contribution in [3.8, 4) is 0 Å². The fraction of sp³-hybridized carbons (Fsp3) is 0.429. The Morgan fingerprint density at radius 3 is 2.72 bits per heavy atom. The molecule has 3 rings (SSSR count). The number of nitrogens with zero attached hydrogens (tertiary/aromatic N) is 4. The van der Waals surface area contributed by atoms with Crippen LogP contribution in [0.2, 0.25) is 5.02 Å². The highest BCUT2D eigenvalue weighted by atomic mass is 35.5. The number of benzene rings is 1. The lowest BCUT2D eigenvalue weighted by Gasteiger charge is -2.20. The molecular weight excluding hydrogens is 381 g/mol. The molecule has 0 N–H and O–H groups in total. The van der Waals surface area contributed by atoms with Crippen molar-refractivity contribution in [2.45, 2.75) is 37.0 Å². The van der Waals surface area contributed by atoms with Gasteiger partial charge in [-0.1, -0.05) is 11.6 Å². The second kappa shape index (κ2) is 6.26. The van der Waals surface area contributed by atoms with E-state index in [2.05, 4.69) is 10.2 Å². The molecule has 0 bridgehead atoms. The predicted octanol–water partition coefficient (Wildman–Crippen LogP) is 2.72. The van der Waals surface area contributed by atoms with Crippen LogP contribution in [0.15, 0.2) is 23.1 Å². The van der Waals surface area contributed by atoms with E-state index in [1.54, 1.807) is 4.57 Å². The fourth-order valence-electron chi connectivity index (χ4n) is 2.73. The minimum Gasteiger partial charge on any atom is -0.314 e. The number of alkyl halides is 3. The number of hydrogen-bond acceptors (Lipinski definition) is 4. The van der Waals surface area contributed by atoms with E-state index in [0.29, 0.717) is 18.4 Å². The van der Waals surface area contributed by atoms with Crippen LogP contribution < -0.4 is 0 Å². The zero-order valence-electron chi connectivity index (χ0n) is 13.1. The van der Waals surface area contributed by atoms with E-state index in [9.17, 15) is 21.6 Å². The van der Waals surface area contributed by atoms with Crippen molar-refractivity contribution >= 4 is 21.6 Å². The Labute approximate surface area is 147 Å². The minimum atomic E-state index is -4.84. The second-order valence-corrected chi connectivity index (χ2v) is 8.14. The van der Waals surface area contributed by atoms with Crippen LogP contribution in [-0.4, -0.2) is 34.5 Å². The van der Waals surface area contributed by atoms with Gasteiger partial charge in [0, 0.05) is 25.0 Å². The Morgan fingerprint density at radius 1 is 1.32 bits per heavy atom. The maximum Gasteiger partial charge on any atom is 0.417 e. The van der Waals surface area contributed by atoms with Crippen molar-refractivity contribution in [3.63, 3.8) is 0 Å². The first kappa shape index (κ1) is 18.2. The van der Waals surface area contributed by atoms with Crippen molar-refractivity contribution < 1.29 is 21.6 Å². The van der Waals surface area contributed by atoms with Crippen LogP contribution in [0, 0.1) is 0 Å². The molecule has 6 nitrogen and oxygen atoms in total. The average molecular weight is 395 g/mol. The van der Waals surface area contributed by atoms with Crippen LogP contribution in [0.5, 0.6) is 0 Å². The molecule has 0 aliphatic carbocycles. The van der Waals surface area contributed by atoms with E-state index < -0.39 is 26.7 Å². The molecule has 11 heteroatoms. The van der Waals surface area contributed by atoms with Crippen LogP contribution in [0.1, 0.15) is 23.6 Å². The van der Waals surface area contributed by atoms with Crippen LogP contribution in [0.3, 0.4) is 0 Å². The molecule has 2 heterocycles. The highest BCUT2D eigenvalue weighted by Crippen LogP contribution is 2.37. The van der Waals surface area contributed by atoms with E-state index >= 15 is 0 Å². The van der Waals surface area contributed by atoms with E-state index in [1.165, 1.54) is 7.05 Å². The van der Waals surface area contributed by atoms with E-state index in [-0.39, 0.29) is 11.6 Å². The van der Waals surface area contributed by atoms with Gasteiger partial charge in [0.1, 0.15) is 11.6 Å². The maximum atomic E-state index is 13.2. The van der Waals surface area contributed by atoms with Gasteiger partial charge >= 0.3 is 6.18 Å². The minimum absolute atomic E-state index is 0.171. The number of aryl methyl sites for hydroxylation is 1. The summed E-state index contributed by atoms with van der Waals surface area (Å²) in [5.41, 5.74) is -1.29. The Morgan fingerprint density at radius 2 is 2.04 bits per heavy atom. The summed E-state index contributed by atoms with van der Waals surface area (Å²) in [7, 11) is -3.18. The molecule has 1 aliphatic heterocycles. The SMILES string of the molecule is CN(Cc1nnc2n1CCC2)S(=O)(=O)c1ccc(Cl)cc1C(F)(F)F. The molecule has 1 aliphatic rings. The topological polar surface area (TPSA) is 68.1 Å². The van der Waals surface area contributed by atoms with Crippen molar-refractivity contribution in [2.24, 2.45) is 0 Å². The fourth-order valence-corrected chi connectivity index (χ4v) is 4.21. The normalized spacial score (nSPS) is 15.0. The van der Waals surface area contributed by atoms with Gasteiger partial charge in [-0.15, -0.1) is 10.2 Å². The summed E-state index contributed by atoms with van der Waals surface area (Å²) < 4.78 is 67.6. The van der Waals surface area contributed by atoms with Crippen LogP contribution >= 0.6 is 11.6 Å². The lowest BCUT2D eigenvalue weighted by atomic mass is 10.2. The van der Waals surface area contributed by atoms with E-state index in [4.69, 9.17) is 11.6 Å². The van der Waals surface area contributed by atoms with Crippen LogP contribution in [-0.2, 0) is 35.7 Å². The number of hydrogen-bond donors (Lipinski definition) is 0. The largest absolute Gasteiger partial charge is 0.417 e. The van der Waals surface area contributed by atoms with Gasteiger partial charge in [0.2, 0.25) is 10.0 Å². The highest BCUT2D eigenvalue weighted by molar-refractivity contribution is 7.89. The average Bonchev–Trinajstić information content (AvgIpc) is 3.11. The van der Waals surface area contributed by atoms with Gasteiger partial charge < -0.3 is 4.57 Å². The van der Waals surface area contributed by atoms with Gasteiger partial charge in [-0.05, 0) is 24.6 Å². The summed E-state index contributed by atoms with van der Waals surface area (Å²) >= 11 is 5.60. The second-order valence-electron chi connectivity index (χ2n) is 5.69. The Hall–Kier alpha value is -1.65. The smallest absolute Gasteiger partial charge is 0.314 e. The summed E-state index contributed by atoms with van der Waals surface area (Å²) in [5.74, 6) is 1.16. The third kappa shape index (κ3) is 3.38. The number of aromatic nitrogens is 3. The molecule has 25 heavy (non-hydrogen) atoms. The molecule has 0 amide bonds. The monoisotopic (exact) mass is 394 g/mol. The molecule has 0 saturated carbocycles. The molecule has 0 radical (unpaired) electrons. The Kier molecular flexibility index (Phi) is 4.54. The summed E-state index contributed by atoms with van der Waals surface area (Å²) in [4.78, 5) is -0.840. The molecule has 0 fully saturated rings. The number of sulfonamides is 1. The van der Waals surface area contributed by atoms with Gasteiger partial charge in [0.15, 0.2) is 0 Å². The lowest BCUT2D eigenvalue weighted by Crippen LogP contribution is -2.29. The lowest BCUT2D eigenvalue weighted by molar-refractivity contribution is -0.139. The van der Waals surface area contributed by atoms with Gasteiger partial charge in [-0.3, -0.25) is 0 Å². The first-order chi connectivity index (χ1) is 11.6. The first-order valence-corrected chi connectivity index (χ1v) is 9.16. The molecule has 0 saturated heterocycles. The third-order valence-corrected chi connectivity index (χ3v) is 6.08. The molecule has 0 unspecified atom stereocenters. The van der Waals surface area contributed by atoms with Crippen molar-refractivity contribution in [1.29, 1.82) is 0 Å². The van der Waals surface area contributed by atoms with Gasteiger partial charge in [0.05, 0.1) is 17.0 Å². The van der Waals surface area contributed by atoms with E-state index in [0.717, 1.165) is 35.1 Å². The Balaban J connectivity index is 1.96. The zero-order chi connectivity index (χ0) is 18.4. The first-order valence-electron chi connectivity index (χ1n) is 7.35. The molecule has 1 aromatic carbocycles. The van der Waals surface area contributed by atoms with Gasteiger partial charge in [-0.2, -0.15) is 17.5 Å². The molecule has 136 valence electrons. The summed E-state index contributed by atoms with van der Waals surface area (Å²) in [5, 5.41) is 7.71. The highest BCUT2D eigenvalue weighted by Gasteiger charge is 2.39. The van der Waals surface area contributed by atoms with Crippen LogP contribution in [0.25, 0.3) is 0 Å². The number of rotatable bonds is 4. The zero-order valence-corrected chi connectivity index (χ0v) is 14.7. The molecule has 1 aromatic heterocycles. The van der Waals surface area contributed by atoms with Crippen molar-refractivity contribution in [3.05, 3.63) is 40.4 Å². The molecular formula is C14H14ClF3N4O2S. The van der Waals surface area contributed by atoms with Crippen LogP contribution in [0.4, 0.5) is 13.2 Å². The van der Waals surface area contributed by atoms with Crippen molar-refractivity contribution in [1.82, 2.24) is 19.1 Å². The molecule has 0 spiro atoms. The predicted molar refractivity (Wildman–Crippen MR) is 83.4 cm³/mol. The maximum absolute atomic E-state index is 13.2. The quantitative estimate of drug-likeness (QED) is 0.799. The van der Waals surface area contributed by atoms with E-state index in [1.807, 2.05) is 0 Å². The summed E-state index contributed by atoms with van der Waals surface area (Å²) in [6, 6.07) is 2.59. The van der Waals surface area contributed by atoms with Gasteiger partial charge in [0.25, 0.3) is 0 Å². The number of fused-ring (bicyclic) bond motifs is 1. The summed E-state index contributed by atoms with van der Waals surface area (Å²) in [6.07, 6.45) is -3.22.